The number of hydrogen-bond acceptors (Lipinski definition) is 4. The van der Waals surface area contributed by atoms with Gasteiger partial charge in [-0.1, -0.05) is 19.9 Å². The van der Waals surface area contributed by atoms with Crippen LogP contribution in [0, 0.1) is 11.8 Å². The van der Waals surface area contributed by atoms with Gasteiger partial charge >= 0.3 is 5.97 Å². The monoisotopic (exact) mass is 269 g/mol. The van der Waals surface area contributed by atoms with Gasteiger partial charge in [0, 0.05) is 11.9 Å². The molecule has 0 aliphatic rings. The Hall–Kier alpha value is -1.36. The topological polar surface area (TPSA) is 46.6 Å². The molecule has 5 heteroatoms. The van der Waals surface area contributed by atoms with Gasteiger partial charge in [0.05, 0.1) is 13.7 Å². The summed E-state index contributed by atoms with van der Waals surface area (Å²) < 4.78 is 4.70. The average molecular weight is 269 g/mol. The quantitative estimate of drug-likeness (QED) is 0.608. The lowest BCUT2D eigenvalue weighted by atomic mass is 9.94. The number of hydrogen-bond donors (Lipinski definition) is 0. The first-order chi connectivity index (χ1) is 8.47. The fourth-order valence-corrected chi connectivity index (χ4v) is 2.49. The van der Waals surface area contributed by atoms with E-state index in [4.69, 9.17) is 4.74 Å². The maximum atomic E-state index is 12.2. The average Bonchev–Trinajstić information content (AvgIpc) is 2.81. The van der Waals surface area contributed by atoms with Gasteiger partial charge in [0.2, 0.25) is 5.91 Å². The Bertz CT molecular complexity index is 400. The summed E-state index contributed by atoms with van der Waals surface area (Å²) in [7, 11) is 3.02. The molecule has 1 aromatic heterocycles. The fraction of sp³-hybridized carbons (Fsp3) is 0.538. The summed E-state index contributed by atoms with van der Waals surface area (Å²) in [6.07, 6.45) is 0. The van der Waals surface area contributed by atoms with E-state index in [1.54, 1.807) is 23.3 Å². The second-order valence-electron chi connectivity index (χ2n) is 4.52. The van der Waals surface area contributed by atoms with Gasteiger partial charge in [-0.25, -0.2) is 0 Å². The summed E-state index contributed by atoms with van der Waals surface area (Å²) in [6.45, 7) is 4.22. The van der Waals surface area contributed by atoms with Crippen molar-refractivity contribution in [1.29, 1.82) is 0 Å². The Labute approximate surface area is 112 Å². The molecule has 0 fully saturated rings. The van der Waals surface area contributed by atoms with Crippen LogP contribution in [0.3, 0.4) is 0 Å². The first-order valence-corrected chi connectivity index (χ1v) is 6.70. The van der Waals surface area contributed by atoms with Crippen molar-refractivity contribution >= 4 is 23.2 Å². The van der Waals surface area contributed by atoms with Gasteiger partial charge < -0.3 is 9.64 Å². The summed E-state index contributed by atoms with van der Waals surface area (Å²) in [5.41, 5.74) is 0. The van der Waals surface area contributed by atoms with E-state index >= 15 is 0 Å². The first-order valence-electron chi connectivity index (χ1n) is 5.82. The van der Waals surface area contributed by atoms with Crippen LogP contribution in [0.1, 0.15) is 18.7 Å². The smallest absolute Gasteiger partial charge is 0.318 e. The molecule has 1 unspecified atom stereocenters. The molecule has 1 amide bonds. The molecule has 0 aromatic carbocycles. The number of carbonyl (C=O) groups excluding carboxylic acids is 2. The molecule has 1 atom stereocenters. The Morgan fingerprint density at radius 3 is 2.56 bits per heavy atom. The molecule has 1 heterocycles. The van der Waals surface area contributed by atoms with Gasteiger partial charge in [0.15, 0.2) is 0 Å². The number of carbonyl (C=O) groups is 2. The largest absolute Gasteiger partial charge is 0.468 e. The summed E-state index contributed by atoms with van der Waals surface area (Å²) in [6, 6.07) is 3.91. The van der Waals surface area contributed by atoms with Crippen molar-refractivity contribution < 1.29 is 14.3 Å². The van der Waals surface area contributed by atoms with Gasteiger partial charge in [-0.3, -0.25) is 9.59 Å². The van der Waals surface area contributed by atoms with Crippen molar-refractivity contribution in [2.24, 2.45) is 11.8 Å². The van der Waals surface area contributed by atoms with Gasteiger partial charge in [0.1, 0.15) is 5.92 Å². The molecule has 0 bridgehead atoms. The summed E-state index contributed by atoms with van der Waals surface area (Å²) in [4.78, 5) is 26.5. The zero-order chi connectivity index (χ0) is 13.7. The Kier molecular flexibility index (Phi) is 5.34. The molecular weight excluding hydrogens is 250 g/mol. The van der Waals surface area contributed by atoms with Crippen LogP contribution >= 0.6 is 11.3 Å². The minimum absolute atomic E-state index is 0.0734. The third kappa shape index (κ3) is 3.57. The van der Waals surface area contributed by atoms with Crippen molar-refractivity contribution in [3.63, 3.8) is 0 Å². The highest BCUT2D eigenvalue weighted by molar-refractivity contribution is 7.09. The van der Waals surface area contributed by atoms with Crippen molar-refractivity contribution in [3.05, 3.63) is 22.4 Å². The SMILES string of the molecule is COC(=O)C(C(=O)N(C)Cc1cccs1)C(C)C. The normalized spacial score (nSPS) is 12.3. The van der Waals surface area contributed by atoms with Crippen LogP contribution in [0.4, 0.5) is 0 Å². The lowest BCUT2D eigenvalue weighted by Crippen LogP contribution is -2.39. The van der Waals surface area contributed by atoms with Crippen LogP contribution < -0.4 is 0 Å². The van der Waals surface area contributed by atoms with Gasteiger partial charge in [0.25, 0.3) is 0 Å². The maximum absolute atomic E-state index is 12.2. The van der Waals surface area contributed by atoms with Crippen LogP contribution in [-0.2, 0) is 20.9 Å². The molecule has 18 heavy (non-hydrogen) atoms. The zero-order valence-electron chi connectivity index (χ0n) is 11.2. The number of ether oxygens (including phenoxy) is 1. The highest BCUT2D eigenvalue weighted by atomic mass is 32.1. The Morgan fingerprint density at radius 1 is 1.44 bits per heavy atom. The van der Waals surface area contributed by atoms with E-state index in [1.165, 1.54) is 7.11 Å². The molecule has 4 nitrogen and oxygen atoms in total. The zero-order valence-corrected chi connectivity index (χ0v) is 12.0. The van der Waals surface area contributed by atoms with Crippen LogP contribution in [0.5, 0.6) is 0 Å². The van der Waals surface area contributed by atoms with Gasteiger partial charge in [-0.2, -0.15) is 0 Å². The summed E-state index contributed by atoms with van der Waals surface area (Å²) in [5, 5.41) is 1.97. The molecule has 0 aliphatic heterocycles. The molecule has 1 aromatic rings. The highest BCUT2D eigenvalue weighted by Gasteiger charge is 2.33. The third-order valence-electron chi connectivity index (χ3n) is 2.74. The predicted molar refractivity (Wildman–Crippen MR) is 71.1 cm³/mol. The second kappa shape index (κ2) is 6.54. The molecule has 0 aliphatic carbocycles. The van der Waals surface area contributed by atoms with E-state index in [2.05, 4.69) is 0 Å². The molecule has 100 valence electrons. The standard InChI is InChI=1S/C13H19NO3S/c1-9(2)11(13(16)17-4)12(15)14(3)8-10-6-5-7-18-10/h5-7,9,11H,8H2,1-4H3. The number of amides is 1. The number of nitrogens with zero attached hydrogens (tertiary/aromatic N) is 1. The fourth-order valence-electron chi connectivity index (χ4n) is 1.74. The number of rotatable bonds is 5. The molecule has 0 saturated carbocycles. The van der Waals surface area contributed by atoms with Crippen molar-refractivity contribution in [2.45, 2.75) is 20.4 Å². The molecule has 0 N–H and O–H groups in total. The summed E-state index contributed by atoms with van der Waals surface area (Å²) >= 11 is 1.59. The van der Waals surface area contributed by atoms with Crippen LogP contribution in [0.25, 0.3) is 0 Å². The van der Waals surface area contributed by atoms with Crippen molar-refractivity contribution in [1.82, 2.24) is 4.90 Å². The van der Waals surface area contributed by atoms with Crippen LogP contribution in [0.2, 0.25) is 0 Å². The molecule has 0 radical (unpaired) electrons. The number of esters is 1. The van der Waals surface area contributed by atoms with E-state index < -0.39 is 11.9 Å². The van der Waals surface area contributed by atoms with Crippen LogP contribution in [-0.4, -0.2) is 30.9 Å². The Morgan fingerprint density at radius 2 is 2.11 bits per heavy atom. The lowest BCUT2D eigenvalue weighted by Gasteiger charge is -2.24. The second-order valence-corrected chi connectivity index (χ2v) is 5.55. The lowest BCUT2D eigenvalue weighted by molar-refractivity contribution is -0.155. The van der Waals surface area contributed by atoms with Crippen molar-refractivity contribution in [2.75, 3.05) is 14.2 Å². The van der Waals surface area contributed by atoms with Crippen molar-refractivity contribution in [3.8, 4) is 0 Å². The Balaban J connectivity index is 2.73. The molecular formula is C13H19NO3S. The van der Waals surface area contributed by atoms with Gasteiger partial charge in [-0.05, 0) is 17.4 Å². The summed E-state index contributed by atoms with van der Waals surface area (Å²) in [5.74, 6) is -1.45. The molecule has 1 rings (SSSR count). The van der Waals surface area contributed by atoms with E-state index in [-0.39, 0.29) is 11.8 Å². The first kappa shape index (κ1) is 14.7. The number of thiophene rings is 1. The minimum atomic E-state index is -0.722. The predicted octanol–water partition coefficient (Wildman–Crippen LogP) is 2.15. The maximum Gasteiger partial charge on any atom is 0.318 e. The van der Waals surface area contributed by atoms with Crippen LogP contribution in [0.15, 0.2) is 17.5 Å². The van der Waals surface area contributed by atoms with E-state index in [9.17, 15) is 9.59 Å². The molecule has 0 spiro atoms. The van der Waals surface area contributed by atoms with Gasteiger partial charge in [-0.15, -0.1) is 11.3 Å². The molecule has 0 saturated heterocycles. The van der Waals surface area contributed by atoms with E-state index in [0.717, 1.165) is 4.88 Å². The number of methoxy groups -OCH3 is 1. The third-order valence-corrected chi connectivity index (χ3v) is 3.60. The highest BCUT2D eigenvalue weighted by Crippen LogP contribution is 2.18. The van der Waals surface area contributed by atoms with E-state index in [0.29, 0.717) is 6.54 Å². The minimum Gasteiger partial charge on any atom is -0.468 e. The van der Waals surface area contributed by atoms with E-state index in [1.807, 2.05) is 31.4 Å².